The number of nitrogens with zero attached hydrogens (tertiary/aromatic N) is 1. The quantitative estimate of drug-likeness (QED) is 0.568. The summed E-state index contributed by atoms with van der Waals surface area (Å²) >= 11 is 0. The number of halogens is 1. The van der Waals surface area contributed by atoms with Crippen LogP contribution in [0.5, 0.6) is 5.75 Å². The van der Waals surface area contributed by atoms with Crippen LogP contribution in [-0.4, -0.2) is 35.9 Å². The number of hydrogen-bond acceptors (Lipinski definition) is 3. The fourth-order valence-corrected chi connectivity index (χ4v) is 3.30. The van der Waals surface area contributed by atoms with E-state index in [9.17, 15) is 14.0 Å². The summed E-state index contributed by atoms with van der Waals surface area (Å²) in [5, 5.41) is 2.85. The molecule has 0 spiro atoms. The molecular weight excluding hydrogens is 395 g/mol. The SMILES string of the molecule is CCCCNC(=O)[C@H](C)N(Cc1ccccc1F)C(=O)COc1cc(C)cc(C)c1C. The molecule has 168 valence electrons. The van der Waals surface area contributed by atoms with Gasteiger partial charge >= 0.3 is 0 Å². The number of hydrogen-bond donors (Lipinski definition) is 1. The van der Waals surface area contributed by atoms with E-state index >= 15 is 0 Å². The highest BCUT2D eigenvalue weighted by Crippen LogP contribution is 2.23. The summed E-state index contributed by atoms with van der Waals surface area (Å²) in [5.41, 5.74) is 3.43. The Bertz CT molecular complexity index is 914. The predicted molar refractivity (Wildman–Crippen MR) is 120 cm³/mol. The predicted octanol–water partition coefficient (Wildman–Crippen LogP) is 4.46. The maximum absolute atomic E-state index is 14.2. The van der Waals surface area contributed by atoms with E-state index in [1.54, 1.807) is 25.1 Å². The minimum Gasteiger partial charge on any atom is -0.483 e. The lowest BCUT2D eigenvalue weighted by atomic mass is 10.1. The molecule has 2 rings (SSSR count). The van der Waals surface area contributed by atoms with Crippen molar-refractivity contribution in [2.45, 2.75) is 60.0 Å². The molecule has 1 N–H and O–H groups in total. The summed E-state index contributed by atoms with van der Waals surface area (Å²) < 4.78 is 20.1. The third-order valence-electron chi connectivity index (χ3n) is 5.41. The molecule has 2 amide bonds. The second-order valence-electron chi connectivity index (χ2n) is 7.93. The number of amides is 2. The first-order chi connectivity index (χ1) is 14.7. The molecule has 0 fully saturated rings. The fourth-order valence-electron chi connectivity index (χ4n) is 3.30. The van der Waals surface area contributed by atoms with E-state index < -0.39 is 11.9 Å². The Balaban J connectivity index is 2.19. The van der Waals surface area contributed by atoms with Crippen molar-refractivity contribution < 1.29 is 18.7 Å². The summed E-state index contributed by atoms with van der Waals surface area (Å²) in [6.45, 7) is 9.89. The van der Waals surface area contributed by atoms with Crippen LogP contribution in [0.4, 0.5) is 4.39 Å². The minimum absolute atomic E-state index is 0.0109. The van der Waals surface area contributed by atoms with Crippen molar-refractivity contribution in [1.82, 2.24) is 10.2 Å². The zero-order chi connectivity index (χ0) is 23.0. The minimum atomic E-state index is -0.757. The lowest BCUT2D eigenvalue weighted by Crippen LogP contribution is -2.49. The number of carbonyl (C=O) groups excluding carboxylic acids is 2. The first-order valence-electron chi connectivity index (χ1n) is 10.8. The summed E-state index contributed by atoms with van der Waals surface area (Å²) in [6, 6.07) is 9.45. The molecule has 0 heterocycles. The number of rotatable bonds is 10. The van der Waals surface area contributed by atoms with Crippen LogP contribution in [0.15, 0.2) is 36.4 Å². The first kappa shape index (κ1) is 24.4. The number of carbonyl (C=O) groups is 2. The Kier molecular flexibility index (Phi) is 9.03. The van der Waals surface area contributed by atoms with Crippen molar-refractivity contribution in [2.24, 2.45) is 0 Å². The maximum Gasteiger partial charge on any atom is 0.261 e. The molecule has 0 aromatic heterocycles. The van der Waals surface area contributed by atoms with Crippen LogP contribution in [-0.2, 0) is 16.1 Å². The summed E-state index contributed by atoms with van der Waals surface area (Å²) in [4.78, 5) is 27.1. The lowest BCUT2D eigenvalue weighted by Gasteiger charge is -2.29. The third-order valence-corrected chi connectivity index (χ3v) is 5.41. The number of aryl methyl sites for hydroxylation is 2. The molecule has 0 aliphatic carbocycles. The van der Waals surface area contributed by atoms with Crippen LogP contribution >= 0.6 is 0 Å². The Morgan fingerprint density at radius 3 is 2.55 bits per heavy atom. The molecule has 2 aromatic carbocycles. The van der Waals surface area contributed by atoms with Gasteiger partial charge in [-0.3, -0.25) is 9.59 Å². The van der Waals surface area contributed by atoms with Crippen molar-refractivity contribution in [3.8, 4) is 5.75 Å². The van der Waals surface area contributed by atoms with E-state index in [4.69, 9.17) is 4.74 Å². The molecule has 2 aromatic rings. The molecule has 1 atom stereocenters. The highest BCUT2D eigenvalue weighted by atomic mass is 19.1. The first-order valence-corrected chi connectivity index (χ1v) is 10.8. The van der Waals surface area contributed by atoms with Crippen molar-refractivity contribution in [3.63, 3.8) is 0 Å². The van der Waals surface area contributed by atoms with Gasteiger partial charge in [-0.15, -0.1) is 0 Å². The van der Waals surface area contributed by atoms with Crippen LogP contribution in [0.2, 0.25) is 0 Å². The van der Waals surface area contributed by atoms with E-state index in [2.05, 4.69) is 11.4 Å². The van der Waals surface area contributed by atoms with Crippen LogP contribution < -0.4 is 10.1 Å². The summed E-state index contributed by atoms with van der Waals surface area (Å²) in [6.07, 6.45) is 1.81. The topological polar surface area (TPSA) is 58.6 Å². The maximum atomic E-state index is 14.2. The molecule has 0 unspecified atom stereocenters. The normalized spacial score (nSPS) is 11.7. The smallest absolute Gasteiger partial charge is 0.261 e. The molecule has 0 bridgehead atoms. The van der Waals surface area contributed by atoms with Crippen molar-refractivity contribution in [1.29, 1.82) is 0 Å². The second kappa shape index (κ2) is 11.5. The van der Waals surface area contributed by atoms with Crippen molar-refractivity contribution in [2.75, 3.05) is 13.2 Å². The Hall–Kier alpha value is -2.89. The van der Waals surface area contributed by atoms with Gasteiger partial charge in [-0.05, 0) is 62.9 Å². The van der Waals surface area contributed by atoms with E-state index in [-0.39, 0.29) is 25.0 Å². The van der Waals surface area contributed by atoms with Gasteiger partial charge in [0.25, 0.3) is 5.91 Å². The standard InChI is InChI=1S/C25H33FN2O3/c1-6-7-12-27-25(30)20(5)28(15-21-10-8-9-11-22(21)26)24(29)16-31-23-14-17(2)13-18(3)19(23)4/h8-11,13-14,20H,6-7,12,15-16H2,1-5H3,(H,27,30)/t20-/m0/s1. The van der Waals surface area contributed by atoms with Gasteiger partial charge in [-0.2, -0.15) is 0 Å². The number of nitrogens with one attached hydrogen (secondary N) is 1. The van der Waals surface area contributed by atoms with Gasteiger partial charge in [0.15, 0.2) is 6.61 Å². The molecule has 0 saturated heterocycles. The van der Waals surface area contributed by atoms with E-state index in [1.165, 1.54) is 11.0 Å². The Morgan fingerprint density at radius 1 is 1.16 bits per heavy atom. The highest BCUT2D eigenvalue weighted by molar-refractivity contribution is 5.88. The number of unbranched alkanes of at least 4 members (excludes halogenated alkanes) is 1. The molecule has 31 heavy (non-hydrogen) atoms. The van der Waals surface area contributed by atoms with Crippen molar-refractivity contribution in [3.05, 3.63) is 64.5 Å². The second-order valence-corrected chi connectivity index (χ2v) is 7.93. The molecule has 6 heteroatoms. The number of ether oxygens (including phenoxy) is 1. The molecule has 0 aliphatic heterocycles. The van der Waals surface area contributed by atoms with Crippen LogP contribution in [0.3, 0.4) is 0 Å². The van der Waals surface area contributed by atoms with Crippen LogP contribution in [0, 0.1) is 26.6 Å². The van der Waals surface area contributed by atoms with Crippen LogP contribution in [0.25, 0.3) is 0 Å². The monoisotopic (exact) mass is 428 g/mol. The number of benzene rings is 2. The van der Waals surface area contributed by atoms with Gasteiger partial charge in [0.2, 0.25) is 5.91 Å². The fraction of sp³-hybridized carbons (Fsp3) is 0.440. The molecule has 0 saturated carbocycles. The van der Waals surface area contributed by atoms with Crippen LogP contribution in [0.1, 0.15) is 48.9 Å². The third kappa shape index (κ3) is 6.81. The molecule has 5 nitrogen and oxygen atoms in total. The van der Waals surface area contributed by atoms with Gasteiger partial charge in [0, 0.05) is 18.7 Å². The van der Waals surface area contributed by atoms with Crippen molar-refractivity contribution >= 4 is 11.8 Å². The van der Waals surface area contributed by atoms with Gasteiger partial charge in [0.05, 0.1) is 0 Å². The summed E-state index contributed by atoms with van der Waals surface area (Å²) in [5.74, 6) is -0.414. The van der Waals surface area contributed by atoms with Gasteiger partial charge in [-0.1, -0.05) is 37.6 Å². The Morgan fingerprint density at radius 2 is 1.87 bits per heavy atom. The Labute approximate surface area is 184 Å². The van der Waals surface area contributed by atoms with Gasteiger partial charge < -0.3 is 15.0 Å². The molecular formula is C25H33FN2O3. The van der Waals surface area contributed by atoms with E-state index in [0.717, 1.165) is 29.5 Å². The zero-order valence-corrected chi connectivity index (χ0v) is 19.1. The van der Waals surface area contributed by atoms with Gasteiger partial charge in [0.1, 0.15) is 17.6 Å². The molecule has 0 radical (unpaired) electrons. The largest absolute Gasteiger partial charge is 0.483 e. The zero-order valence-electron chi connectivity index (χ0n) is 19.1. The average Bonchev–Trinajstić information content (AvgIpc) is 2.74. The van der Waals surface area contributed by atoms with E-state index in [1.807, 2.05) is 33.8 Å². The summed E-state index contributed by atoms with van der Waals surface area (Å²) in [7, 11) is 0. The van der Waals surface area contributed by atoms with E-state index in [0.29, 0.717) is 17.9 Å². The molecule has 0 aliphatic rings. The highest BCUT2D eigenvalue weighted by Gasteiger charge is 2.27. The average molecular weight is 429 g/mol. The van der Waals surface area contributed by atoms with Gasteiger partial charge in [-0.25, -0.2) is 4.39 Å². The lowest BCUT2D eigenvalue weighted by molar-refractivity contribution is -0.142.